The van der Waals surface area contributed by atoms with Crippen LogP contribution in [0.1, 0.15) is 30.6 Å². The van der Waals surface area contributed by atoms with Crippen molar-refractivity contribution in [1.82, 2.24) is 5.32 Å². The third-order valence-electron chi connectivity index (χ3n) is 3.46. The monoisotopic (exact) mass is 247 g/mol. The number of anilines is 2. The fourth-order valence-electron chi connectivity index (χ4n) is 2.09. The van der Waals surface area contributed by atoms with Crippen LogP contribution in [-0.4, -0.2) is 19.0 Å². The van der Waals surface area contributed by atoms with E-state index in [1.165, 1.54) is 6.42 Å². The molecule has 18 heavy (non-hydrogen) atoms. The predicted molar refractivity (Wildman–Crippen MR) is 74.6 cm³/mol. The average Bonchev–Trinajstić information content (AvgIpc) is 3.03. The molecule has 2 unspecified atom stereocenters. The maximum absolute atomic E-state index is 11.9. The second-order valence-electron chi connectivity index (χ2n) is 5.02. The second-order valence-corrected chi connectivity index (χ2v) is 5.02. The molecule has 0 aliphatic heterocycles. The van der Waals surface area contributed by atoms with E-state index in [1.807, 2.05) is 13.0 Å². The number of nitrogens with two attached hydrogens (primary N) is 1. The molecule has 1 saturated carbocycles. The molecule has 1 aromatic rings. The highest BCUT2D eigenvalue weighted by Crippen LogP contribution is 2.37. The number of carbonyl (C=O) groups is 1. The average molecular weight is 247 g/mol. The van der Waals surface area contributed by atoms with Gasteiger partial charge in [0, 0.05) is 24.5 Å². The van der Waals surface area contributed by atoms with Crippen molar-refractivity contribution in [3.8, 4) is 0 Å². The quantitative estimate of drug-likeness (QED) is 0.698. The number of hydrogen-bond donors (Lipinski definition) is 3. The lowest BCUT2D eigenvalue weighted by Crippen LogP contribution is -2.24. The zero-order chi connectivity index (χ0) is 13.1. The first-order chi connectivity index (χ1) is 8.61. The van der Waals surface area contributed by atoms with Crippen LogP contribution in [0.15, 0.2) is 18.2 Å². The molecule has 0 heterocycles. The SMILES string of the molecule is CCNC(=O)c1ccc(N)cc1NCC1CC1C. The molecule has 1 aromatic carbocycles. The van der Waals surface area contributed by atoms with Crippen molar-refractivity contribution in [3.05, 3.63) is 23.8 Å². The van der Waals surface area contributed by atoms with Crippen LogP contribution < -0.4 is 16.4 Å². The van der Waals surface area contributed by atoms with Gasteiger partial charge in [-0.2, -0.15) is 0 Å². The van der Waals surface area contributed by atoms with Gasteiger partial charge in [0.25, 0.3) is 5.91 Å². The molecule has 1 amide bonds. The molecule has 1 fully saturated rings. The van der Waals surface area contributed by atoms with Crippen molar-refractivity contribution >= 4 is 17.3 Å². The van der Waals surface area contributed by atoms with Crippen molar-refractivity contribution in [2.75, 3.05) is 24.1 Å². The van der Waals surface area contributed by atoms with Gasteiger partial charge in [0.15, 0.2) is 0 Å². The second kappa shape index (κ2) is 5.29. The summed E-state index contributed by atoms with van der Waals surface area (Å²) in [6, 6.07) is 5.37. The minimum Gasteiger partial charge on any atom is -0.399 e. The van der Waals surface area contributed by atoms with Crippen LogP contribution in [0.3, 0.4) is 0 Å². The van der Waals surface area contributed by atoms with Crippen molar-refractivity contribution < 1.29 is 4.79 Å². The Morgan fingerprint density at radius 3 is 2.83 bits per heavy atom. The predicted octanol–water partition coefficient (Wildman–Crippen LogP) is 2.09. The molecule has 0 aromatic heterocycles. The molecule has 0 radical (unpaired) electrons. The van der Waals surface area contributed by atoms with E-state index in [4.69, 9.17) is 5.73 Å². The number of carbonyl (C=O) groups excluding carboxylic acids is 1. The number of rotatable bonds is 5. The van der Waals surface area contributed by atoms with Gasteiger partial charge in [-0.3, -0.25) is 4.79 Å². The van der Waals surface area contributed by atoms with Crippen LogP contribution in [0.4, 0.5) is 11.4 Å². The van der Waals surface area contributed by atoms with Gasteiger partial charge in [-0.25, -0.2) is 0 Å². The summed E-state index contributed by atoms with van der Waals surface area (Å²) < 4.78 is 0. The standard InChI is InChI=1S/C14H21N3O/c1-3-16-14(18)12-5-4-11(15)7-13(12)17-8-10-6-9(10)2/h4-5,7,9-10,17H,3,6,8,15H2,1-2H3,(H,16,18). The van der Waals surface area contributed by atoms with E-state index < -0.39 is 0 Å². The lowest BCUT2D eigenvalue weighted by Gasteiger charge is -2.12. The first-order valence-electron chi connectivity index (χ1n) is 6.53. The van der Waals surface area contributed by atoms with Crippen molar-refractivity contribution in [2.45, 2.75) is 20.3 Å². The van der Waals surface area contributed by atoms with E-state index in [9.17, 15) is 4.79 Å². The zero-order valence-corrected chi connectivity index (χ0v) is 11.0. The molecule has 4 nitrogen and oxygen atoms in total. The van der Waals surface area contributed by atoms with Crippen molar-refractivity contribution in [2.24, 2.45) is 11.8 Å². The number of hydrogen-bond acceptors (Lipinski definition) is 3. The van der Waals surface area contributed by atoms with Crippen LogP contribution >= 0.6 is 0 Å². The van der Waals surface area contributed by atoms with E-state index >= 15 is 0 Å². The molecule has 0 saturated heterocycles. The van der Waals surface area contributed by atoms with Crippen LogP contribution in [-0.2, 0) is 0 Å². The molecular weight excluding hydrogens is 226 g/mol. The molecule has 98 valence electrons. The van der Waals surface area contributed by atoms with E-state index in [0.717, 1.165) is 24.1 Å². The summed E-state index contributed by atoms with van der Waals surface area (Å²) in [7, 11) is 0. The third-order valence-corrected chi connectivity index (χ3v) is 3.46. The Balaban J connectivity index is 2.09. The van der Waals surface area contributed by atoms with Gasteiger partial charge in [-0.05, 0) is 43.4 Å². The molecule has 2 atom stereocenters. The summed E-state index contributed by atoms with van der Waals surface area (Å²) in [6.45, 7) is 5.70. The summed E-state index contributed by atoms with van der Waals surface area (Å²) in [4.78, 5) is 11.9. The Bertz CT molecular complexity index is 445. The van der Waals surface area contributed by atoms with E-state index in [1.54, 1.807) is 12.1 Å². The van der Waals surface area contributed by atoms with Gasteiger partial charge in [0.05, 0.1) is 5.56 Å². The van der Waals surface area contributed by atoms with Gasteiger partial charge < -0.3 is 16.4 Å². The highest BCUT2D eigenvalue weighted by molar-refractivity contribution is 6.00. The number of nitrogen functional groups attached to an aromatic ring is 1. The van der Waals surface area contributed by atoms with Gasteiger partial charge in [-0.1, -0.05) is 6.92 Å². The molecular formula is C14H21N3O. The van der Waals surface area contributed by atoms with Crippen LogP contribution in [0.5, 0.6) is 0 Å². The molecule has 1 aliphatic carbocycles. The summed E-state index contributed by atoms with van der Waals surface area (Å²) in [5.74, 6) is 1.48. The molecule has 0 bridgehead atoms. The topological polar surface area (TPSA) is 67.2 Å². The Labute approximate surface area is 108 Å². The lowest BCUT2D eigenvalue weighted by atomic mass is 10.1. The minimum atomic E-state index is -0.0520. The Kier molecular flexibility index (Phi) is 3.75. The summed E-state index contributed by atoms with van der Waals surface area (Å²) in [5, 5.41) is 6.16. The molecule has 4 heteroatoms. The lowest BCUT2D eigenvalue weighted by molar-refractivity contribution is 0.0956. The minimum absolute atomic E-state index is 0.0520. The molecule has 1 aliphatic rings. The summed E-state index contributed by atoms with van der Waals surface area (Å²) >= 11 is 0. The molecule has 0 spiro atoms. The van der Waals surface area contributed by atoms with Gasteiger partial charge in [0.2, 0.25) is 0 Å². The maximum Gasteiger partial charge on any atom is 0.253 e. The highest BCUT2D eigenvalue weighted by Gasteiger charge is 2.32. The number of amides is 1. The fraction of sp³-hybridized carbons (Fsp3) is 0.500. The highest BCUT2D eigenvalue weighted by atomic mass is 16.1. The summed E-state index contributed by atoms with van der Waals surface area (Å²) in [6.07, 6.45) is 1.27. The normalized spacial score (nSPS) is 21.4. The Hall–Kier alpha value is -1.71. The van der Waals surface area contributed by atoms with Crippen LogP contribution in [0, 0.1) is 11.8 Å². The first kappa shape index (κ1) is 12.7. The van der Waals surface area contributed by atoms with Gasteiger partial charge in [0.1, 0.15) is 0 Å². The van der Waals surface area contributed by atoms with Gasteiger partial charge in [-0.15, -0.1) is 0 Å². The Morgan fingerprint density at radius 2 is 2.22 bits per heavy atom. The number of benzene rings is 1. The van der Waals surface area contributed by atoms with E-state index in [2.05, 4.69) is 17.6 Å². The summed E-state index contributed by atoms with van der Waals surface area (Å²) in [5.41, 5.74) is 7.95. The number of nitrogens with one attached hydrogen (secondary N) is 2. The maximum atomic E-state index is 11.9. The smallest absolute Gasteiger partial charge is 0.253 e. The third kappa shape index (κ3) is 2.94. The zero-order valence-electron chi connectivity index (χ0n) is 11.0. The van der Waals surface area contributed by atoms with E-state index in [0.29, 0.717) is 17.8 Å². The molecule has 4 N–H and O–H groups in total. The van der Waals surface area contributed by atoms with Crippen molar-refractivity contribution in [3.63, 3.8) is 0 Å². The fourth-order valence-corrected chi connectivity index (χ4v) is 2.09. The van der Waals surface area contributed by atoms with Gasteiger partial charge >= 0.3 is 0 Å². The van der Waals surface area contributed by atoms with Crippen LogP contribution in [0.25, 0.3) is 0 Å². The van der Waals surface area contributed by atoms with Crippen molar-refractivity contribution in [1.29, 1.82) is 0 Å². The molecule has 2 rings (SSSR count). The van der Waals surface area contributed by atoms with Crippen LogP contribution in [0.2, 0.25) is 0 Å². The largest absolute Gasteiger partial charge is 0.399 e. The first-order valence-corrected chi connectivity index (χ1v) is 6.53. The van der Waals surface area contributed by atoms with E-state index in [-0.39, 0.29) is 5.91 Å². The Morgan fingerprint density at radius 1 is 1.50 bits per heavy atom.